The molecule has 5 heteroatoms. The maximum atomic E-state index is 13.2. The molecule has 0 spiro atoms. The van der Waals surface area contributed by atoms with Crippen molar-refractivity contribution in [2.45, 2.75) is 13.1 Å². The van der Waals surface area contributed by atoms with E-state index in [2.05, 4.69) is 17.4 Å². The highest BCUT2D eigenvalue weighted by atomic mass is 19.1. The lowest BCUT2D eigenvalue weighted by atomic mass is 10.1. The van der Waals surface area contributed by atoms with Crippen LogP contribution in [0.2, 0.25) is 0 Å². The van der Waals surface area contributed by atoms with Crippen LogP contribution in [0.25, 0.3) is 28.2 Å². The van der Waals surface area contributed by atoms with Crippen LogP contribution >= 0.6 is 0 Å². The minimum Gasteiger partial charge on any atom is -0.307 e. The topological polar surface area (TPSA) is 42.2 Å². The minimum absolute atomic E-state index is 0.249. The van der Waals surface area contributed by atoms with E-state index >= 15 is 0 Å². The Hall–Kier alpha value is -3.05. The van der Waals surface area contributed by atoms with Crippen molar-refractivity contribution < 1.29 is 4.39 Å². The summed E-state index contributed by atoms with van der Waals surface area (Å²) in [5, 5.41) is 8.14. The average Bonchev–Trinajstić information content (AvgIpc) is 3.27. The first-order valence-corrected chi connectivity index (χ1v) is 8.23. The zero-order valence-electron chi connectivity index (χ0n) is 13.4. The SMILES string of the molecule is Fc1ccc(-c2cc3nc4c(c(-c5ccccc5)n3n2)CNC4)cc1. The Kier molecular flexibility index (Phi) is 3.15. The van der Waals surface area contributed by atoms with Crippen molar-refractivity contribution in [3.8, 4) is 22.5 Å². The molecule has 0 unspecified atom stereocenters. The van der Waals surface area contributed by atoms with E-state index in [9.17, 15) is 4.39 Å². The molecule has 4 aromatic rings. The fourth-order valence-corrected chi connectivity index (χ4v) is 3.38. The monoisotopic (exact) mass is 330 g/mol. The molecule has 2 aromatic heterocycles. The van der Waals surface area contributed by atoms with Crippen LogP contribution < -0.4 is 5.32 Å². The van der Waals surface area contributed by atoms with Crippen LogP contribution in [0.4, 0.5) is 4.39 Å². The second-order valence-electron chi connectivity index (χ2n) is 6.16. The van der Waals surface area contributed by atoms with Crippen LogP contribution in [0.3, 0.4) is 0 Å². The molecule has 5 rings (SSSR count). The van der Waals surface area contributed by atoms with E-state index in [1.54, 1.807) is 12.1 Å². The van der Waals surface area contributed by atoms with Crippen LogP contribution in [-0.4, -0.2) is 14.6 Å². The molecule has 0 saturated heterocycles. The molecule has 0 amide bonds. The number of benzene rings is 2. The lowest BCUT2D eigenvalue weighted by Gasteiger charge is -2.10. The van der Waals surface area contributed by atoms with E-state index < -0.39 is 0 Å². The molecule has 25 heavy (non-hydrogen) atoms. The number of hydrogen-bond acceptors (Lipinski definition) is 3. The first kappa shape index (κ1) is 14.3. The summed E-state index contributed by atoms with van der Waals surface area (Å²) < 4.78 is 15.1. The Bertz CT molecular complexity index is 1070. The molecule has 0 fully saturated rings. The normalized spacial score (nSPS) is 13.3. The summed E-state index contributed by atoms with van der Waals surface area (Å²) in [4.78, 5) is 4.77. The molecule has 0 aliphatic carbocycles. The predicted octanol–water partition coefficient (Wildman–Crippen LogP) is 3.81. The zero-order chi connectivity index (χ0) is 16.8. The number of rotatable bonds is 2. The summed E-state index contributed by atoms with van der Waals surface area (Å²) in [5.74, 6) is -0.249. The first-order chi connectivity index (χ1) is 12.3. The van der Waals surface area contributed by atoms with Crippen LogP contribution in [0.1, 0.15) is 11.3 Å². The molecule has 1 N–H and O–H groups in total. The molecule has 0 radical (unpaired) electrons. The van der Waals surface area contributed by atoms with Gasteiger partial charge < -0.3 is 5.32 Å². The molecular weight excluding hydrogens is 315 g/mol. The summed E-state index contributed by atoms with van der Waals surface area (Å²) >= 11 is 0. The quantitative estimate of drug-likeness (QED) is 0.608. The number of fused-ring (bicyclic) bond motifs is 2. The number of nitrogens with one attached hydrogen (secondary N) is 1. The smallest absolute Gasteiger partial charge is 0.156 e. The Labute approximate surface area is 144 Å². The maximum Gasteiger partial charge on any atom is 0.156 e. The second kappa shape index (κ2) is 5.50. The number of hydrogen-bond donors (Lipinski definition) is 1. The molecule has 122 valence electrons. The van der Waals surface area contributed by atoms with E-state index in [4.69, 9.17) is 10.1 Å². The minimum atomic E-state index is -0.249. The Balaban J connectivity index is 1.78. The lowest BCUT2D eigenvalue weighted by molar-refractivity contribution is 0.628. The van der Waals surface area contributed by atoms with Gasteiger partial charge in [0.05, 0.1) is 17.1 Å². The van der Waals surface area contributed by atoms with E-state index in [0.29, 0.717) is 0 Å². The fraction of sp³-hybridized carbons (Fsp3) is 0.100. The van der Waals surface area contributed by atoms with Gasteiger partial charge >= 0.3 is 0 Å². The third-order valence-electron chi connectivity index (χ3n) is 4.57. The second-order valence-corrected chi connectivity index (χ2v) is 6.16. The average molecular weight is 330 g/mol. The highest BCUT2D eigenvalue weighted by Crippen LogP contribution is 2.30. The van der Waals surface area contributed by atoms with Gasteiger partial charge in [0.1, 0.15) is 5.82 Å². The van der Waals surface area contributed by atoms with Gasteiger partial charge in [0.15, 0.2) is 5.65 Å². The van der Waals surface area contributed by atoms with Gasteiger partial charge in [0.2, 0.25) is 0 Å². The molecule has 0 saturated carbocycles. The maximum absolute atomic E-state index is 13.2. The third-order valence-corrected chi connectivity index (χ3v) is 4.57. The van der Waals surface area contributed by atoms with Crippen molar-refractivity contribution in [3.05, 3.63) is 77.7 Å². The number of nitrogens with zero attached hydrogens (tertiary/aromatic N) is 3. The lowest BCUT2D eigenvalue weighted by Crippen LogP contribution is -2.03. The summed E-state index contributed by atoms with van der Waals surface area (Å²) in [6.07, 6.45) is 0. The van der Waals surface area contributed by atoms with Crippen molar-refractivity contribution in [1.29, 1.82) is 0 Å². The highest BCUT2D eigenvalue weighted by molar-refractivity contribution is 5.71. The Morgan fingerprint density at radius 3 is 2.52 bits per heavy atom. The van der Waals surface area contributed by atoms with Crippen LogP contribution in [-0.2, 0) is 13.1 Å². The van der Waals surface area contributed by atoms with Crippen molar-refractivity contribution in [2.24, 2.45) is 0 Å². The summed E-state index contributed by atoms with van der Waals surface area (Å²) in [6, 6.07) is 18.6. The standard InChI is InChI=1S/C20H15FN4/c21-15-8-6-13(7-9-15)17-10-19-23-18-12-22-11-16(18)20(25(19)24-17)14-4-2-1-3-5-14/h1-10,22H,11-12H2. The van der Waals surface area contributed by atoms with Gasteiger partial charge in [-0.3, -0.25) is 0 Å². The van der Waals surface area contributed by atoms with Crippen LogP contribution in [0, 0.1) is 5.82 Å². The van der Waals surface area contributed by atoms with Crippen molar-refractivity contribution in [3.63, 3.8) is 0 Å². The van der Waals surface area contributed by atoms with Gasteiger partial charge in [-0.1, -0.05) is 30.3 Å². The van der Waals surface area contributed by atoms with Crippen molar-refractivity contribution in [2.75, 3.05) is 0 Å². The van der Waals surface area contributed by atoms with Gasteiger partial charge in [0, 0.05) is 35.8 Å². The molecule has 1 aliphatic rings. The summed E-state index contributed by atoms with van der Waals surface area (Å²) in [5.41, 5.74) is 6.91. The number of aromatic nitrogens is 3. The predicted molar refractivity (Wildman–Crippen MR) is 94.4 cm³/mol. The van der Waals surface area contributed by atoms with Gasteiger partial charge in [0.25, 0.3) is 0 Å². The van der Waals surface area contributed by atoms with Crippen LogP contribution in [0.15, 0.2) is 60.7 Å². The summed E-state index contributed by atoms with van der Waals surface area (Å²) in [7, 11) is 0. The van der Waals surface area contributed by atoms with Crippen molar-refractivity contribution in [1.82, 2.24) is 19.9 Å². The molecule has 3 heterocycles. The van der Waals surface area contributed by atoms with E-state index in [1.165, 1.54) is 17.7 Å². The van der Waals surface area contributed by atoms with Gasteiger partial charge in [-0.25, -0.2) is 13.9 Å². The zero-order valence-corrected chi connectivity index (χ0v) is 13.4. The van der Waals surface area contributed by atoms with Crippen molar-refractivity contribution >= 4 is 5.65 Å². The Morgan fingerprint density at radius 2 is 1.72 bits per heavy atom. The van der Waals surface area contributed by atoms with Gasteiger partial charge in [-0.15, -0.1) is 0 Å². The molecule has 4 nitrogen and oxygen atoms in total. The van der Waals surface area contributed by atoms with E-state index in [1.807, 2.05) is 28.8 Å². The highest BCUT2D eigenvalue weighted by Gasteiger charge is 2.22. The first-order valence-electron chi connectivity index (χ1n) is 8.23. The fourth-order valence-electron chi connectivity index (χ4n) is 3.38. The van der Waals surface area contributed by atoms with E-state index in [-0.39, 0.29) is 5.82 Å². The Morgan fingerprint density at radius 1 is 0.920 bits per heavy atom. The largest absolute Gasteiger partial charge is 0.307 e. The molecule has 0 atom stereocenters. The molecule has 2 aromatic carbocycles. The summed E-state index contributed by atoms with van der Waals surface area (Å²) in [6.45, 7) is 1.55. The molecular formula is C20H15FN4. The molecule has 0 bridgehead atoms. The third kappa shape index (κ3) is 2.32. The van der Waals surface area contributed by atoms with E-state index in [0.717, 1.165) is 46.9 Å². The van der Waals surface area contributed by atoms with Gasteiger partial charge in [-0.05, 0) is 24.3 Å². The number of halogens is 1. The van der Waals surface area contributed by atoms with Gasteiger partial charge in [-0.2, -0.15) is 5.10 Å². The van der Waals surface area contributed by atoms with Crippen LogP contribution in [0.5, 0.6) is 0 Å². The molecule has 1 aliphatic heterocycles.